The molecule has 0 heterocycles. The van der Waals surface area contributed by atoms with Crippen molar-refractivity contribution in [2.24, 2.45) is 11.7 Å². The highest BCUT2D eigenvalue weighted by Crippen LogP contribution is 2.23. The second-order valence-electron chi connectivity index (χ2n) is 3.06. The summed E-state index contributed by atoms with van der Waals surface area (Å²) in [4.78, 5) is 0. The van der Waals surface area contributed by atoms with Crippen LogP contribution in [0.25, 0.3) is 0 Å². The molecule has 10 heavy (non-hydrogen) atoms. The van der Waals surface area contributed by atoms with E-state index in [0.29, 0.717) is 12.5 Å². The maximum atomic E-state index is 7.51. The minimum Gasteiger partial charge on any atom is -0.326 e. The molecule has 58 valence electrons. The van der Waals surface area contributed by atoms with Gasteiger partial charge in [-0.05, 0) is 18.8 Å². The van der Waals surface area contributed by atoms with Gasteiger partial charge in [-0.3, -0.25) is 0 Å². The van der Waals surface area contributed by atoms with E-state index in [1.54, 1.807) is 0 Å². The molecular formula is C8H16N2. The van der Waals surface area contributed by atoms with E-state index in [1.807, 2.05) is 0 Å². The number of nitrogens with two attached hydrogens (primary N) is 1. The van der Waals surface area contributed by atoms with Crippen molar-refractivity contribution in [3.8, 4) is 0 Å². The van der Waals surface area contributed by atoms with Gasteiger partial charge >= 0.3 is 0 Å². The second kappa shape index (κ2) is 3.71. The van der Waals surface area contributed by atoms with Gasteiger partial charge in [-0.15, -0.1) is 0 Å². The zero-order valence-electron chi connectivity index (χ0n) is 6.40. The molecular weight excluding hydrogens is 124 g/mol. The molecule has 0 unspecified atom stereocenters. The van der Waals surface area contributed by atoms with Gasteiger partial charge in [0, 0.05) is 12.3 Å². The molecule has 0 aromatic carbocycles. The van der Waals surface area contributed by atoms with Crippen LogP contribution >= 0.6 is 0 Å². The van der Waals surface area contributed by atoms with Crippen molar-refractivity contribution in [2.75, 3.05) is 6.54 Å². The van der Waals surface area contributed by atoms with Gasteiger partial charge < -0.3 is 11.1 Å². The van der Waals surface area contributed by atoms with E-state index in [0.717, 1.165) is 5.71 Å². The summed E-state index contributed by atoms with van der Waals surface area (Å²) in [6.45, 7) is 0.463. The molecule has 0 bridgehead atoms. The van der Waals surface area contributed by atoms with Crippen LogP contribution in [0.5, 0.6) is 0 Å². The maximum Gasteiger partial charge on any atom is 0.0310 e. The molecule has 0 amide bonds. The summed E-state index contributed by atoms with van der Waals surface area (Å²) in [7, 11) is 0. The molecule has 2 nitrogen and oxygen atoms in total. The van der Waals surface area contributed by atoms with Crippen LogP contribution in [0, 0.1) is 11.3 Å². The van der Waals surface area contributed by atoms with Crippen molar-refractivity contribution >= 4 is 5.71 Å². The summed E-state index contributed by atoms with van der Waals surface area (Å²) in [6.07, 6.45) is 6.36. The molecule has 1 saturated carbocycles. The zero-order valence-corrected chi connectivity index (χ0v) is 6.40. The summed E-state index contributed by atoms with van der Waals surface area (Å²) in [5.41, 5.74) is 6.14. The normalized spacial score (nSPS) is 20.9. The lowest BCUT2D eigenvalue weighted by Gasteiger charge is -2.21. The topological polar surface area (TPSA) is 49.9 Å². The highest BCUT2D eigenvalue weighted by molar-refractivity contribution is 5.85. The quantitative estimate of drug-likeness (QED) is 0.562. The Morgan fingerprint density at radius 2 is 1.90 bits per heavy atom. The molecule has 0 aliphatic heterocycles. The maximum absolute atomic E-state index is 7.51. The average Bonchev–Trinajstić information content (AvgIpc) is 2.05. The first kappa shape index (κ1) is 7.73. The predicted molar refractivity (Wildman–Crippen MR) is 43.4 cm³/mol. The van der Waals surface area contributed by atoms with Crippen LogP contribution in [-0.4, -0.2) is 12.3 Å². The Morgan fingerprint density at radius 3 is 2.40 bits per heavy atom. The number of hydrogen-bond donors (Lipinski definition) is 2. The van der Waals surface area contributed by atoms with E-state index in [2.05, 4.69) is 0 Å². The van der Waals surface area contributed by atoms with Gasteiger partial charge in [0.25, 0.3) is 0 Å². The zero-order chi connectivity index (χ0) is 7.40. The molecule has 0 radical (unpaired) electrons. The van der Waals surface area contributed by atoms with Gasteiger partial charge in [0.15, 0.2) is 0 Å². The number of nitrogens with one attached hydrogen (secondary N) is 1. The van der Waals surface area contributed by atoms with E-state index in [-0.39, 0.29) is 0 Å². The van der Waals surface area contributed by atoms with Gasteiger partial charge in [-0.1, -0.05) is 19.3 Å². The van der Waals surface area contributed by atoms with Gasteiger partial charge in [-0.25, -0.2) is 0 Å². The molecule has 1 rings (SSSR count). The van der Waals surface area contributed by atoms with Crippen LogP contribution in [0.15, 0.2) is 0 Å². The first-order chi connectivity index (χ1) is 4.84. The summed E-state index contributed by atoms with van der Waals surface area (Å²) in [5.74, 6) is 0.527. The van der Waals surface area contributed by atoms with Crippen molar-refractivity contribution in [2.45, 2.75) is 32.1 Å². The fraction of sp³-hybridized carbons (Fsp3) is 0.875. The van der Waals surface area contributed by atoms with Gasteiger partial charge in [0.05, 0.1) is 0 Å². The van der Waals surface area contributed by atoms with E-state index < -0.39 is 0 Å². The Bertz CT molecular complexity index is 114. The Hall–Kier alpha value is -0.370. The number of hydrogen-bond acceptors (Lipinski definition) is 2. The fourth-order valence-corrected chi connectivity index (χ4v) is 1.62. The van der Waals surface area contributed by atoms with Crippen molar-refractivity contribution in [3.05, 3.63) is 0 Å². The van der Waals surface area contributed by atoms with Crippen molar-refractivity contribution < 1.29 is 0 Å². The standard InChI is InChI=1S/C8H16N2/c9-6-8(10)7-4-2-1-3-5-7/h7,10H,1-6,9H2. The van der Waals surface area contributed by atoms with Gasteiger partial charge in [-0.2, -0.15) is 0 Å². The molecule has 2 heteroatoms. The first-order valence-corrected chi connectivity index (χ1v) is 4.12. The van der Waals surface area contributed by atoms with Crippen molar-refractivity contribution in [1.82, 2.24) is 0 Å². The minimum absolute atomic E-state index is 0.463. The molecule has 1 aliphatic rings. The summed E-state index contributed by atoms with van der Waals surface area (Å²) in [6, 6.07) is 0. The Kier molecular flexibility index (Phi) is 2.87. The highest BCUT2D eigenvalue weighted by atomic mass is 14.6. The van der Waals surface area contributed by atoms with Crippen LogP contribution in [0.2, 0.25) is 0 Å². The monoisotopic (exact) mass is 140 g/mol. The largest absolute Gasteiger partial charge is 0.326 e. The van der Waals surface area contributed by atoms with Crippen LogP contribution in [0.1, 0.15) is 32.1 Å². The summed E-state index contributed by atoms with van der Waals surface area (Å²) in [5, 5.41) is 7.51. The molecule has 0 aromatic heterocycles. The van der Waals surface area contributed by atoms with E-state index in [9.17, 15) is 0 Å². The molecule has 1 fully saturated rings. The summed E-state index contributed by atoms with van der Waals surface area (Å²) >= 11 is 0. The van der Waals surface area contributed by atoms with Crippen LogP contribution in [0.4, 0.5) is 0 Å². The van der Waals surface area contributed by atoms with Crippen molar-refractivity contribution in [1.29, 1.82) is 5.41 Å². The minimum atomic E-state index is 0.463. The molecule has 0 saturated heterocycles. The predicted octanol–water partition coefficient (Wildman–Crippen LogP) is 1.55. The Balaban J connectivity index is 2.31. The van der Waals surface area contributed by atoms with E-state index in [4.69, 9.17) is 11.1 Å². The molecule has 3 N–H and O–H groups in total. The Labute approximate surface area is 62.3 Å². The first-order valence-electron chi connectivity index (χ1n) is 4.12. The molecule has 0 aromatic rings. The van der Waals surface area contributed by atoms with Crippen molar-refractivity contribution in [3.63, 3.8) is 0 Å². The number of rotatable bonds is 2. The third kappa shape index (κ3) is 1.81. The highest BCUT2D eigenvalue weighted by Gasteiger charge is 2.16. The molecule has 0 spiro atoms. The van der Waals surface area contributed by atoms with E-state index >= 15 is 0 Å². The van der Waals surface area contributed by atoms with E-state index in [1.165, 1.54) is 32.1 Å². The van der Waals surface area contributed by atoms with Crippen LogP contribution < -0.4 is 5.73 Å². The SMILES string of the molecule is N=C(CN)C1CCCCC1. The molecule has 1 aliphatic carbocycles. The lowest BCUT2D eigenvalue weighted by atomic mass is 9.86. The van der Waals surface area contributed by atoms with Crippen LogP contribution in [-0.2, 0) is 0 Å². The Morgan fingerprint density at radius 1 is 1.30 bits per heavy atom. The summed E-state index contributed by atoms with van der Waals surface area (Å²) < 4.78 is 0. The van der Waals surface area contributed by atoms with Gasteiger partial charge in [0.1, 0.15) is 0 Å². The second-order valence-corrected chi connectivity index (χ2v) is 3.06. The smallest absolute Gasteiger partial charge is 0.0310 e. The fourth-order valence-electron chi connectivity index (χ4n) is 1.62. The lowest BCUT2D eigenvalue weighted by Crippen LogP contribution is -2.24. The molecule has 0 atom stereocenters. The van der Waals surface area contributed by atoms with Crippen LogP contribution in [0.3, 0.4) is 0 Å². The average molecular weight is 140 g/mol. The lowest BCUT2D eigenvalue weighted by molar-refractivity contribution is 0.436. The van der Waals surface area contributed by atoms with Gasteiger partial charge in [0.2, 0.25) is 0 Å². The third-order valence-electron chi connectivity index (χ3n) is 2.32. The third-order valence-corrected chi connectivity index (χ3v) is 2.32.